The predicted molar refractivity (Wildman–Crippen MR) is 65.8 cm³/mol. The standard InChI is InChI=1S/C12H22N4O/c1-3-12-9-17-8-7-15(12)5-4-6-16-11(2)13-10-14-16/h10,12H,3-9H2,1-2H3. The van der Waals surface area contributed by atoms with Gasteiger partial charge >= 0.3 is 0 Å². The van der Waals surface area contributed by atoms with Crippen molar-refractivity contribution in [3.8, 4) is 0 Å². The topological polar surface area (TPSA) is 43.2 Å². The van der Waals surface area contributed by atoms with E-state index in [1.54, 1.807) is 6.33 Å². The van der Waals surface area contributed by atoms with Crippen molar-refractivity contribution in [1.82, 2.24) is 19.7 Å². The summed E-state index contributed by atoms with van der Waals surface area (Å²) in [5.41, 5.74) is 0. The summed E-state index contributed by atoms with van der Waals surface area (Å²) in [6.45, 7) is 9.14. The molecule has 0 amide bonds. The van der Waals surface area contributed by atoms with Crippen molar-refractivity contribution in [2.75, 3.05) is 26.3 Å². The first-order valence-corrected chi connectivity index (χ1v) is 6.47. The maximum atomic E-state index is 5.51. The molecule has 1 atom stereocenters. The van der Waals surface area contributed by atoms with E-state index in [9.17, 15) is 0 Å². The second-order valence-corrected chi connectivity index (χ2v) is 4.56. The van der Waals surface area contributed by atoms with Gasteiger partial charge in [-0.25, -0.2) is 4.98 Å². The van der Waals surface area contributed by atoms with E-state index in [0.29, 0.717) is 6.04 Å². The Kier molecular flexibility index (Phi) is 4.50. The summed E-state index contributed by atoms with van der Waals surface area (Å²) in [7, 11) is 0. The van der Waals surface area contributed by atoms with Crippen molar-refractivity contribution in [3.63, 3.8) is 0 Å². The van der Waals surface area contributed by atoms with Crippen molar-refractivity contribution in [2.45, 2.75) is 39.3 Å². The van der Waals surface area contributed by atoms with Gasteiger partial charge in [-0.05, 0) is 19.8 Å². The van der Waals surface area contributed by atoms with Crippen LogP contribution in [0.3, 0.4) is 0 Å². The zero-order valence-corrected chi connectivity index (χ0v) is 10.8. The average Bonchev–Trinajstić information content (AvgIpc) is 2.76. The van der Waals surface area contributed by atoms with Crippen molar-refractivity contribution >= 4 is 0 Å². The minimum absolute atomic E-state index is 0.598. The summed E-state index contributed by atoms with van der Waals surface area (Å²) in [5, 5.41) is 4.20. The van der Waals surface area contributed by atoms with Crippen LogP contribution in [-0.4, -0.2) is 52.0 Å². The molecule has 1 aromatic heterocycles. The molecule has 5 nitrogen and oxygen atoms in total. The van der Waals surface area contributed by atoms with Crippen LogP contribution in [-0.2, 0) is 11.3 Å². The van der Waals surface area contributed by atoms with Gasteiger partial charge in [0.2, 0.25) is 0 Å². The zero-order valence-electron chi connectivity index (χ0n) is 10.8. The number of hydrogen-bond donors (Lipinski definition) is 0. The average molecular weight is 238 g/mol. The third kappa shape index (κ3) is 3.26. The highest BCUT2D eigenvalue weighted by Crippen LogP contribution is 2.10. The van der Waals surface area contributed by atoms with Gasteiger partial charge in [0.05, 0.1) is 13.2 Å². The largest absolute Gasteiger partial charge is 0.378 e. The molecule has 96 valence electrons. The molecule has 0 saturated carbocycles. The van der Waals surface area contributed by atoms with E-state index in [0.717, 1.165) is 45.1 Å². The number of nitrogens with zero attached hydrogens (tertiary/aromatic N) is 4. The quantitative estimate of drug-likeness (QED) is 0.770. The molecule has 1 aromatic rings. The lowest BCUT2D eigenvalue weighted by Crippen LogP contribution is -2.45. The molecule has 0 spiro atoms. The third-order valence-electron chi connectivity index (χ3n) is 3.45. The van der Waals surface area contributed by atoms with Crippen molar-refractivity contribution in [2.24, 2.45) is 0 Å². The minimum atomic E-state index is 0.598. The van der Waals surface area contributed by atoms with E-state index in [1.807, 2.05) is 11.6 Å². The highest BCUT2D eigenvalue weighted by molar-refractivity contribution is 4.79. The first kappa shape index (κ1) is 12.5. The van der Waals surface area contributed by atoms with Gasteiger partial charge in [0.25, 0.3) is 0 Å². The predicted octanol–water partition coefficient (Wildman–Crippen LogP) is 1.09. The van der Waals surface area contributed by atoms with Gasteiger partial charge in [0.1, 0.15) is 12.2 Å². The number of rotatable bonds is 5. The molecule has 0 aliphatic carbocycles. The van der Waals surface area contributed by atoms with Crippen molar-refractivity contribution < 1.29 is 4.74 Å². The Balaban J connectivity index is 1.75. The Labute approximate surface area is 103 Å². The fraction of sp³-hybridized carbons (Fsp3) is 0.833. The molecule has 1 unspecified atom stereocenters. The monoisotopic (exact) mass is 238 g/mol. The van der Waals surface area contributed by atoms with Gasteiger partial charge in [-0.1, -0.05) is 6.92 Å². The van der Waals surface area contributed by atoms with Crippen LogP contribution in [0.5, 0.6) is 0 Å². The maximum absolute atomic E-state index is 5.51. The molecule has 0 radical (unpaired) electrons. The smallest absolute Gasteiger partial charge is 0.138 e. The number of ether oxygens (including phenoxy) is 1. The van der Waals surface area contributed by atoms with Crippen LogP contribution in [0.25, 0.3) is 0 Å². The van der Waals surface area contributed by atoms with Crippen molar-refractivity contribution in [3.05, 3.63) is 12.2 Å². The van der Waals surface area contributed by atoms with Crippen LogP contribution in [0, 0.1) is 6.92 Å². The second kappa shape index (κ2) is 6.12. The Hall–Kier alpha value is -0.940. The molecule has 2 rings (SSSR count). The molecule has 17 heavy (non-hydrogen) atoms. The normalized spacial score (nSPS) is 21.9. The first-order valence-electron chi connectivity index (χ1n) is 6.47. The van der Waals surface area contributed by atoms with Crippen LogP contribution in [0.4, 0.5) is 0 Å². The highest BCUT2D eigenvalue weighted by Gasteiger charge is 2.20. The molecular weight excluding hydrogens is 216 g/mol. The van der Waals surface area contributed by atoms with E-state index < -0.39 is 0 Å². The maximum Gasteiger partial charge on any atom is 0.138 e. The van der Waals surface area contributed by atoms with E-state index in [4.69, 9.17) is 4.74 Å². The lowest BCUT2D eigenvalue weighted by molar-refractivity contribution is -0.00946. The Morgan fingerprint density at radius 3 is 3.06 bits per heavy atom. The molecule has 2 heterocycles. The second-order valence-electron chi connectivity index (χ2n) is 4.56. The molecular formula is C12H22N4O. The van der Waals surface area contributed by atoms with Crippen LogP contribution >= 0.6 is 0 Å². The minimum Gasteiger partial charge on any atom is -0.378 e. The summed E-state index contributed by atoms with van der Waals surface area (Å²) >= 11 is 0. The molecule has 0 bridgehead atoms. The molecule has 1 saturated heterocycles. The van der Waals surface area contributed by atoms with Gasteiger partial charge in [-0.15, -0.1) is 0 Å². The van der Waals surface area contributed by atoms with Gasteiger partial charge in [-0.3, -0.25) is 9.58 Å². The SMILES string of the molecule is CCC1COCCN1CCCn1ncnc1C. The fourth-order valence-corrected chi connectivity index (χ4v) is 2.32. The zero-order chi connectivity index (χ0) is 12.1. The van der Waals surface area contributed by atoms with Gasteiger partial charge in [0.15, 0.2) is 0 Å². The lowest BCUT2D eigenvalue weighted by atomic mass is 10.1. The number of aryl methyl sites for hydroxylation is 2. The summed E-state index contributed by atoms with van der Waals surface area (Å²) < 4.78 is 7.48. The molecule has 1 aliphatic heterocycles. The summed E-state index contributed by atoms with van der Waals surface area (Å²) in [4.78, 5) is 6.67. The Morgan fingerprint density at radius 1 is 1.47 bits per heavy atom. The fourth-order valence-electron chi connectivity index (χ4n) is 2.32. The molecule has 0 aromatic carbocycles. The highest BCUT2D eigenvalue weighted by atomic mass is 16.5. The van der Waals surface area contributed by atoms with E-state index in [2.05, 4.69) is 21.9 Å². The summed E-state index contributed by atoms with van der Waals surface area (Å²) in [6, 6.07) is 0.598. The number of aromatic nitrogens is 3. The molecule has 0 N–H and O–H groups in total. The summed E-state index contributed by atoms with van der Waals surface area (Å²) in [5.74, 6) is 0.999. The van der Waals surface area contributed by atoms with E-state index in [-0.39, 0.29) is 0 Å². The molecule has 1 fully saturated rings. The van der Waals surface area contributed by atoms with Crippen LogP contribution < -0.4 is 0 Å². The van der Waals surface area contributed by atoms with Crippen molar-refractivity contribution in [1.29, 1.82) is 0 Å². The molecule has 5 heteroatoms. The van der Waals surface area contributed by atoms with E-state index in [1.165, 1.54) is 6.42 Å². The third-order valence-corrected chi connectivity index (χ3v) is 3.45. The van der Waals surface area contributed by atoms with E-state index >= 15 is 0 Å². The van der Waals surface area contributed by atoms with Crippen LogP contribution in [0.15, 0.2) is 6.33 Å². The van der Waals surface area contributed by atoms with Gasteiger partial charge in [-0.2, -0.15) is 5.10 Å². The first-order chi connectivity index (χ1) is 8.31. The number of hydrogen-bond acceptors (Lipinski definition) is 4. The van der Waals surface area contributed by atoms with Gasteiger partial charge < -0.3 is 4.74 Å². The van der Waals surface area contributed by atoms with Crippen LogP contribution in [0.2, 0.25) is 0 Å². The lowest BCUT2D eigenvalue weighted by Gasteiger charge is -2.35. The number of morpholine rings is 1. The Bertz CT molecular complexity index is 339. The Morgan fingerprint density at radius 2 is 2.35 bits per heavy atom. The molecule has 1 aliphatic rings. The summed E-state index contributed by atoms with van der Waals surface area (Å²) in [6.07, 6.45) is 3.92. The van der Waals surface area contributed by atoms with Gasteiger partial charge in [0, 0.05) is 25.7 Å². The van der Waals surface area contributed by atoms with Crippen LogP contribution in [0.1, 0.15) is 25.6 Å².